The molecule has 2 N–H and O–H groups in total. The summed E-state index contributed by atoms with van der Waals surface area (Å²) in [5.41, 5.74) is -1.28. The molecule has 2 aromatic carbocycles. The molecule has 166 valence electrons. The first-order valence-electron chi connectivity index (χ1n) is 13.0. The van der Waals surface area contributed by atoms with Gasteiger partial charge in [-0.1, -0.05) is 35.9 Å². The van der Waals surface area contributed by atoms with Crippen LogP contribution >= 0.6 is 11.6 Å². The van der Waals surface area contributed by atoms with Crippen LogP contribution in [-0.2, 0) is 33.4 Å². The number of carbonyl (C=O) groups excluding carboxylic acids is 4. The van der Waals surface area contributed by atoms with E-state index in [1.165, 1.54) is 0 Å². The Morgan fingerprint density at radius 3 is 2.78 bits per heavy atom. The molecule has 0 spiro atoms. The zero-order valence-corrected chi connectivity index (χ0v) is 16.7. The van der Waals surface area contributed by atoms with Gasteiger partial charge in [-0.25, -0.2) is 0 Å². The Hall–Kier alpha value is -3.33. The Morgan fingerprint density at radius 2 is 2.06 bits per heavy atom. The minimum atomic E-state index is -4.20. The van der Waals surface area contributed by atoms with Crippen LogP contribution in [0.5, 0.6) is 0 Å². The first-order chi connectivity index (χ1) is 18.3. The van der Waals surface area contributed by atoms with Crippen LogP contribution in [0.15, 0.2) is 42.5 Å². The molecule has 0 aromatic heterocycles. The smallest absolute Gasteiger partial charge is 0.346 e. The summed E-state index contributed by atoms with van der Waals surface area (Å²) in [4.78, 5) is 50.7. The maximum absolute atomic E-state index is 14.8. The fourth-order valence-corrected chi connectivity index (χ4v) is 3.25. The molecular weight excluding hydrogens is 444 g/mol. The van der Waals surface area contributed by atoms with Gasteiger partial charge in [0.15, 0.2) is 2.82 Å². The molecule has 0 aliphatic carbocycles. The van der Waals surface area contributed by atoms with E-state index >= 15 is 0 Å². The normalized spacial score (nSPS) is 28.8. The largest absolute Gasteiger partial charge is 0.349 e. The van der Waals surface area contributed by atoms with Crippen LogP contribution in [0.25, 0.3) is 0 Å². The van der Waals surface area contributed by atoms with Gasteiger partial charge < -0.3 is 10.2 Å². The summed E-state index contributed by atoms with van der Waals surface area (Å²) in [6.07, 6.45) is -7.15. The van der Waals surface area contributed by atoms with Gasteiger partial charge in [-0.2, -0.15) is 8.78 Å². The second-order valence-corrected chi connectivity index (χ2v) is 7.21. The summed E-state index contributed by atoms with van der Waals surface area (Å²) < 4.78 is 93.7. The molecule has 0 saturated carbocycles. The predicted octanol–water partition coefficient (Wildman–Crippen LogP) is 2.51. The van der Waals surface area contributed by atoms with Crippen molar-refractivity contribution < 1.29 is 39.0 Å². The lowest BCUT2D eigenvalue weighted by Crippen LogP contribution is -2.52. The first kappa shape index (κ1) is 13.9. The van der Waals surface area contributed by atoms with E-state index in [1.807, 2.05) is 0 Å². The van der Waals surface area contributed by atoms with E-state index < -0.39 is 72.3 Å². The number of benzene rings is 2. The molecule has 10 heteroatoms. The van der Waals surface area contributed by atoms with Crippen molar-refractivity contribution in [2.75, 3.05) is 0 Å². The van der Waals surface area contributed by atoms with Crippen molar-refractivity contribution in [3.05, 3.63) is 69.7 Å². The topological polar surface area (TPSA) is 95.6 Å². The molecule has 1 unspecified atom stereocenters. The van der Waals surface area contributed by atoms with Gasteiger partial charge in [-0.15, -0.1) is 0 Å². The first-order valence-corrected chi connectivity index (χ1v) is 9.41. The summed E-state index contributed by atoms with van der Waals surface area (Å²) >= 11 is 5.68. The third-order valence-corrected chi connectivity index (χ3v) is 4.95. The summed E-state index contributed by atoms with van der Waals surface area (Å²) in [5.74, 6) is -11.0. The molecule has 1 fully saturated rings. The Balaban J connectivity index is 1.64. The van der Waals surface area contributed by atoms with E-state index in [1.54, 1.807) is 0 Å². The van der Waals surface area contributed by atoms with Crippen molar-refractivity contribution in [1.82, 2.24) is 15.5 Å². The Morgan fingerprint density at radius 1 is 1.34 bits per heavy atom. The highest BCUT2D eigenvalue weighted by molar-refractivity contribution is 6.30. The molecular formula is C22H18ClF2N3O4. The summed E-state index contributed by atoms with van der Waals surface area (Å²) in [7, 11) is 0. The number of amides is 4. The fourth-order valence-electron chi connectivity index (χ4n) is 3.12. The molecule has 0 bridgehead atoms. The number of piperidine rings is 1. The molecule has 2 aliphatic heterocycles. The van der Waals surface area contributed by atoms with E-state index in [9.17, 15) is 28.0 Å². The van der Waals surface area contributed by atoms with Gasteiger partial charge in [0.05, 0.1) is 2.74 Å². The van der Waals surface area contributed by atoms with Gasteiger partial charge in [0.1, 0.15) is 6.02 Å². The van der Waals surface area contributed by atoms with Crippen LogP contribution < -0.4 is 10.6 Å². The SMILES string of the molecule is [2H]C(c1ccc2c(c1)CN([C@@]1([2H])C(=O)N([2H])C(=O)C([2H])([2H])C1([2H])[2H])C2=O)N([2H])C(=O)C(F)(F)c1ccc(Cl)cc1. The number of halogens is 3. The number of carbonyl (C=O) groups is 4. The monoisotopic (exact) mass is 469 g/mol. The van der Waals surface area contributed by atoms with E-state index in [0.717, 1.165) is 42.5 Å². The van der Waals surface area contributed by atoms with Gasteiger partial charge in [0.25, 0.3) is 11.8 Å². The third-order valence-electron chi connectivity index (χ3n) is 4.70. The minimum absolute atomic E-state index is 0.0609. The van der Waals surface area contributed by atoms with Gasteiger partial charge >= 0.3 is 5.92 Å². The van der Waals surface area contributed by atoms with Crippen LogP contribution in [0.4, 0.5) is 8.78 Å². The number of nitrogens with one attached hydrogen (secondary N) is 2. The highest BCUT2D eigenvalue weighted by Gasteiger charge is 2.41. The number of nitrogens with zero attached hydrogens (tertiary/aromatic N) is 1. The standard InChI is InChI=1S/C22H18ClF2N3O4/c23-15-4-2-14(3-5-15)22(24,25)21(32)26-10-12-1-6-16-13(9-12)11-28(20(16)31)17-7-8-18(29)27-19(17)30/h1-6,9,17H,7-8,10-11H2,(H,26,32)(H,27,29,30)/t17-/m1/s1/i7D2,8D2,10D,17D/hD2/t10?,17-. The molecule has 4 amide bonds. The Bertz CT molecular complexity index is 1450. The number of imide groups is 1. The number of fused-ring (bicyclic) bond motifs is 1. The number of hydrogen-bond acceptors (Lipinski definition) is 4. The highest BCUT2D eigenvalue weighted by Crippen LogP contribution is 2.30. The van der Waals surface area contributed by atoms with Crippen molar-refractivity contribution in [2.24, 2.45) is 0 Å². The molecule has 2 atom stereocenters. The van der Waals surface area contributed by atoms with Gasteiger partial charge in [0.2, 0.25) is 11.8 Å². The fraction of sp³-hybridized carbons (Fsp3) is 0.273. The molecule has 32 heavy (non-hydrogen) atoms. The molecule has 1 saturated heterocycles. The summed E-state index contributed by atoms with van der Waals surface area (Å²) in [6, 6.07) is 3.78. The maximum Gasteiger partial charge on any atom is 0.349 e. The van der Waals surface area contributed by atoms with Crippen LogP contribution in [0.2, 0.25) is 7.85 Å². The number of alkyl halides is 2. The van der Waals surface area contributed by atoms with Gasteiger partial charge in [-0.05, 0) is 35.7 Å². The zero-order valence-electron chi connectivity index (χ0n) is 23.9. The third kappa shape index (κ3) is 4.08. The molecule has 4 rings (SSSR count). The Labute approximate surface area is 198 Å². The quantitative estimate of drug-likeness (QED) is 0.658. The van der Waals surface area contributed by atoms with Crippen LogP contribution in [0, 0.1) is 0 Å². The minimum Gasteiger partial charge on any atom is -0.346 e. The van der Waals surface area contributed by atoms with E-state index in [2.05, 4.69) is 0 Å². The molecule has 2 aliphatic rings. The van der Waals surface area contributed by atoms with Crippen molar-refractivity contribution in [1.29, 1.82) is 0 Å². The number of rotatable bonds is 5. The zero-order chi connectivity index (χ0) is 30.2. The average Bonchev–Trinajstić information content (AvgIpc) is 3.25. The van der Waals surface area contributed by atoms with Crippen molar-refractivity contribution in [3.8, 4) is 0 Å². The van der Waals surface area contributed by atoms with Crippen molar-refractivity contribution >= 4 is 35.2 Å². The molecule has 2 heterocycles. The Kier molecular flexibility index (Phi) is 3.62. The van der Waals surface area contributed by atoms with Gasteiger partial charge in [0, 0.05) is 41.1 Å². The average molecular weight is 470 g/mol. The number of hydrogen-bond donors (Lipinski definition) is 2. The molecule has 2 aromatic rings. The van der Waals surface area contributed by atoms with E-state index in [0.29, 0.717) is 4.90 Å². The lowest BCUT2D eigenvalue weighted by Gasteiger charge is -2.29. The molecule has 0 radical (unpaired) electrons. The summed E-state index contributed by atoms with van der Waals surface area (Å²) in [5, 5.41) is -0.663. The summed E-state index contributed by atoms with van der Waals surface area (Å²) in [6.45, 7) is -2.77. The second-order valence-electron chi connectivity index (χ2n) is 6.77. The van der Waals surface area contributed by atoms with Crippen LogP contribution in [0.1, 0.15) is 48.0 Å². The highest BCUT2D eigenvalue weighted by atomic mass is 35.5. The molecule has 7 nitrogen and oxygen atoms in total. The van der Waals surface area contributed by atoms with E-state index in [4.69, 9.17) is 22.6 Å². The van der Waals surface area contributed by atoms with Crippen LogP contribution in [-0.4, -0.2) is 34.5 Å². The lowest BCUT2D eigenvalue weighted by atomic mass is 10.0. The van der Waals surface area contributed by atoms with Crippen molar-refractivity contribution in [2.45, 2.75) is 37.8 Å². The second kappa shape index (κ2) is 8.31. The lowest BCUT2D eigenvalue weighted by molar-refractivity contribution is -0.147. The van der Waals surface area contributed by atoms with E-state index in [-0.39, 0.29) is 27.0 Å². The predicted molar refractivity (Wildman–Crippen MR) is 110 cm³/mol. The van der Waals surface area contributed by atoms with Gasteiger partial charge in [-0.3, -0.25) is 24.5 Å². The van der Waals surface area contributed by atoms with Crippen molar-refractivity contribution in [3.63, 3.8) is 0 Å². The maximum atomic E-state index is 14.8. The van der Waals surface area contributed by atoms with Crippen LogP contribution in [0.3, 0.4) is 0 Å².